The molecule has 2 aliphatic heterocycles. The van der Waals surface area contributed by atoms with Gasteiger partial charge in [-0.1, -0.05) is 0 Å². The van der Waals surface area contributed by atoms with Crippen LogP contribution in [0.3, 0.4) is 0 Å². The van der Waals surface area contributed by atoms with Gasteiger partial charge in [0.2, 0.25) is 11.8 Å². The van der Waals surface area contributed by atoms with Crippen molar-refractivity contribution in [2.24, 2.45) is 0 Å². The maximum Gasteiger partial charge on any atom is 1.00 e. The number of aliphatic carboxylic acids is 1. The van der Waals surface area contributed by atoms with Crippen LogP contribution in [0.2, 0.25) is 0 Å². The number of hydrogen-bond donors (Lipinski definition) is 1. The zero-order chi connectivity index (χ0) is 16.1. The van der Waals surface area contributed by atoms with Crippen molar-refractivity contribution in [3.8, 4) is 0 Å². The Morgan fingerprint density at radius 2 is 2.17 bits per heavy atom. The Balaban J connectivity index is 0.00000192. The van der Waals surface area contributed by atoms with Crippen LogP contribution < -0.4 is 61.8 Å². The molecule has 3 atom stereocenters. The van der Waals surface area contributed by atoms with Crippen LogP contribution in [0.25, 0.3) is 0 Å². The summed E-state index contributed by atoms with van der Waals surface area (Å²) in [6, 6.07) is 0.109. The molecule has 0 spiro atoms. The maximum atomic E-state index is 12.2. The van der Waals surface area contributed by atoms with Gasteiger partial charge in [0.25, 0.3) is 0 Å². The molecule has 1 aromatic rings. The van der Waals surface area contributed by atoms with Gasteiger partial charge in [0.05, 0.1) is 18.4 Å². The van der Waals surface area contributed by atoms with Gasteiger partial charge in [0.1, 0.15) is 11.4 Å². The molecule has 118 valence electrons. The Hall–Kier alpha value is 0.0264. The molecule has 1 aromatic heterocycles. The average molecular weight is 380 g/mol. The number of hydrogen-bond acceptors (Lipinski definition) is 7. The van der Waals surface area contributed by atoms with Gasteiger partial charge in [-0.3, -0.25) is 9.59 Å². The zero-order valence-electron chi connectivity index (χ0n) is 12.9. The largest absolute Gasteiger partial charge is 1.00 e. The molecular formula is C13H14KN3O4S2. The Bertz CT molecular complexity index is 637. The maximum absolute atomic E-state index is 12.2. The van der Waals surface area contributed by atoms with Crippen LogP contribution in [0, 0.1) is 0 Å². The van der Waals surface area contributed by atoms with Crippen molar-refractivity contribution in [3.63, 3.8) is 0 Å². The quantitative estimate of drug-likeness (QED) is 0.422. The number of carbonyl (C=O) groups is 3. The van der Waals surface area contributed by atoms with Crippen molar-refractivity contribution in [1.82, 2.24) is 14.6 Å². The third-order valence-corrected chi connectivity index (χ3v) is 6.12. The van der Waals surface area contributed by atoms with E-state index in [1.165, 1.54) is 28.2 Å². The van der Waals surface area contributed by atoms with E-state index >= 15 is 0 Å². The number of carbonyl (C=O) groups excluding carboxylic acids is 3. The molecule has 0 unspecified atom stereocenters. The fourth-order valence-electron chi connectivity index (χ4n) is 2.84. The van der Waals surface area contributed by atoms with E-state index in [-0.39, 0.29) is 75.0 Å². The molecule has 3 heterocycles. The van der Waals surface area contributed by atoms with Crippen molar-refractivity contribution < 1.29 is 70.9 Å². The van der Waals surface area contributed by atoms with Crippen molar-refractivity contribution in [3.05, 3.63) is 17.1 Å². The van der Waals surface area contributed by atoms with Gasteiger partial charge in [0.15, 0.2) is 0 Å². The molecule has 0 saturated carbocycles. The van der Waals surface area contributed by atoms with Crippen LogP contribution in [0.5, 0.6) is 0 Å². The van der Waals surface area contributed by atoms with Crippen LogP contribution in [0.4, 0.5) is 0 Å². The van der Waals surface area contributed by atoms with Crippen molar-refractivity contribution in [2.75, 3.05) is 0 Å². The van der Waals surface area contributed by atoms with E-state index in [0.29, 0.717) is 0 Å². The van der Waals surface area contributed by atoms with Gasteiger partial charge < -0.3 is 20.1 Å². The number of nitrogens with one attached hydrogen (secondary N) is 1. The number of amides is 2. The van der Waals surface area contributed by atoms with Crippen LogP contribution in [-0.2, 0) is 20.8 Å². The van der Waals surface area contributed by atoms with E-state index in [0.717, 1.165) is 4.88 Å². The smallest absolute Gasteiger partial charge is 0.548 e. The normalized spacial score (nSPS) is 27.7. The number of carboxylic acid groups (broad SMARTS) is 1. The molecular weight excluding hydrogens is 365 g/mol. The first-order chi connectivity index (χ1) is 10.3. The molecule has 0 aromatic carbocycles. The molecule has 7 nitrogen and oxygen atoms in total. The topological polar surface area (TPSA) is 102 Å². The van der Waals surface area contributed by atoms with Gasteiger partial charge in [-0.05, 0) is 31.4 Å². The summed E-state index contributed by atoms with van der Waals surface area (Å²) in [4.78, 5) is 37.6. The summed E-state index contributed by atoms with van der Waals surface area (Å²) in [5.41, 5.74) is 0. The van der Waals surface area contributed by atoms with Gasteiger partial charge in [-0.15, -0.1) is 11.8 Å². The number of β-lactam (4-membered cyclic amide) rings is 1. The standard InChI is InChI=1S/C13H15N3O4S2.K/c1-13(2)9(12(19)20)16-10(18)8(11(16)21-13)15-7(17)5-6-3-4-14-22-6;/h3-4,8-9,11H,5H2,1-2H3,(H,15,17)(H,19,20);/q;+1/p-1/t8-,9+,11-;/m1./s1. The third-order valence-electron chi connectivity index (χ3n) is 3.81. The minimum absolute atomic E-state index is 0. The predicted molar refractivity (Wildman–Crippen MR) is 78.8 cm³/mol. The first-order valence-corrected chi connectivity index (χ1v) is 8.36. The van der Waals surface area contributed by atoms with E-state index in [1.54, 1.807) is 26.1 Å². The first kappa shape index (κ1) is 19.4. The second kappa shape index (κ2) is 7.10. The summed E-state index contributed by atoms with van der Waals surface area (Å²) in [6.45, 7) is 3.53. The minimum Gasteiger partial charge on any atom is -0.548 e. The molecule has 2 aliphatic rings. The summed E-state index contributed by atoms with van der Waals surface area (Å²) < 4.78 is 3.27. The monoisotopic (exact) mass is 379 g/mol. The number of rotatable bonds is 4. The Morgan fingerprint density at radius 3 is 2.74 bits per heavy atom. The Morgan fingerprint density at radius 1 is 1.48 bits per heavy atom. The average Bonchev–Trinajstić information content (AvgIpc) is 3.00. The predicted octanol–water partition coefficient (Wildman–Crippen LogP) is -4.01. The second-order valence-electron chi connectivity index (χ2n) is 5.78. The van der Waals surface area contributed by atoms with Crippen molar-refractivity contribution >= 4 is 41.1 Å². The molecule has 2 amide bonds. The minimum atomic E-state index is -1.26. The van der Waals surface area contributed by atoms with E-state index < -0.39 is 22.8 Å². The molecule has 2 saturated heterocycles. The number of fused-ring (bicyclic) bond motifs is 1. The van der Waals surface area contributed by atoms with E-state index in [2.05, 4.69) is 9.69 Å². The SMILES string of the molecule is CC1(C)S[C@@H]2[C@H](NC(=O)Cc3ccns3)C(=O)N2[C@H]1C(=O)[O-].[K+]. The first-order valence-electron chi connectivity index (χ1n) is 6.71. The van der Waals surface area contributed by atoms with Gasteiger partial charge in [-0.25, -0.2) is 4.37 Å². The third kappa shape index (κ3) is 3.53. The summed E-state index contributed by atoms with van der Waals surface area (Å²) in [7, 11) is 0. The van der Waals surface area contributed by atoms with Crippen LogP contribution in [0.1, 0.15) is 18.7 Å². The Kier molecular flexibility index (Phi) is 5.98. The molecule has 0 bridgehead atoms. The van der Waals surface area contributed by atoms with E-state index in [4.69, 9.17) is 0 Å². The van der Waals surface area contributed by atoms with Gasteiger partial charge >= 0.3 is 51.4 Å². The Labute approximate surface area is 184 Å². The summed E-state index contributed by atoms with van der Waals surface area (Å²) in [5, 5.41) is 13.6. The fourth-order valence-corrected chi connectivity index (χ4v) is 5.04. The van der Waals surface area contributed by atoms with Crippen molar-refractivity contribution in [1.29, 1.82) is 0 Å². The van der Waals surface area contributed by atoms with Crippen LogP contribution >= 0.6 is 23.3 Å². The summed E-state index contributed by atoms with van der Waals surface area (Å²) in [6.07, 6.45) is 1.78. The molecule has 2 fully saturated rings. The number of aromatic nitrogens is 1. The second-order valence-corrected chi connectivity index (χ2v) is 8.47. The van der Waals surface area contributed by atoms with Crippen LogP contribution in [0.15, 0.2) is 12.3 Å². The number of nitrogens with zero attached hydrogens (tertiary/aromatic N) is 2. The molecule has 10 heteroatoms. The molecule has 0 radical (unpaired) electrons. The zero-order valence-corrected chi connectivity index (χ0v) is 17.7. The summed E-state index contributed by atoms with van der Waals surface area (Å²) >= 11 is 2.61. The van der Waals surface area contributed by atoms with E-state index in [1.807, 2.05) is 0 Å². The van der Waals surface area contributed by atoms with Gasteiger partial charge in [-0.2, -0.15) is 0 Å². The van der Waals surface area contributed by atoms with Crippen LogP contribution in [-0.4, -0.2) is 49.3 Å². The fraction of sp³-hybridized carbons (Fsp3) is 0.538. The molecule has 3 rings (SSSR count). The van der Waals surface area contributed by atoms with E-state index in [9.17, 15) is 19.5 Å². The molecule has 23 heavy (non-hydrogen) atoms. The molecule has 1 N–H and O–H groups in total. The number of thioether (sulfide) groups is 1. The number of carboxylic acids is 1. The summed E-state index contributed by atoms with van der Waals surface area (Å²) in [5.74, 6) is -1.89. The van der Waals surface area contributed by atoms with Crippen molar-refractivity contribution in [2.45, 2.75) is 42.5 Å². The van der Waals surface area contributed by atoms with Gasteiger partial charge in [0, 0.05) is 15.8 Å². The molecule has 0 aliphatic carbocycles.